The Kier molecular flexibility index (Phi) is 5.99. The fraction of sp³-hybridized carbons (Fsp3) is 0.381. The van der Waals surface area contributed by atoms with Crippen LogP contribution in [0.4, 0.5) is 5.69 Å². The van der Waals surface area contributed by atoms with Crippen molar-refractivity contribution in [1.29, 1.82) is 0 Å². The minimum atomic E-state index is -0.127. The minimum Gasteiger partial charge on any atom is -0.495 e. The summed E-state index contributed by atoms with van der Waals surface area (Å²) in [6.07, 6.45) is 3.35. The maximum atomic E-state index is 12.6. The highest BCUT2D eigenvalue weighted by molar-refractivity contribution is 8.00. The summed E-state index contributed by atoms with van der Waals surface area (Å²) in [5, 5.41) is 5.47. The molecule has 3 aromatic rings. The summed E-state index contributed by atoms with van der Waals surface area (Å²) in [4.78, 5) is 24.4. The first-order valence-electron chi connectivity index (χ1n) is 9.49. The Morgan fingerprint density at radius 3 is 3.03 bits per heavy atom. The first kappa shape index (κ1) is 20.4. The Hall–Kier alpha value is -1.83. The number of amides is 1. The molecular weight excluding hydrogens is 426 g/mol. The number of nitrogens with zero attached hydrogens (tertiary/aromatic N) is 2. The number of hydrogen-bond donors (Lipinski definition) is 1. The fourth-order valence-electron chi connectivity index (χ4n) is 3.61. The lowest BCUT2D eigenvalue weighted by Crippen LogP contribution is -2.15. The van der Waals surface area contributed by atoms with Gasteiger partial charge in [-0.25, -0.2) is 9.97 Å². The van der Waals surface area contributed by atoms with E-state index in [1.165, 1.54) is 28.6 Å². The standard InChI is InChI=1S/C21H22ClN3O2S2/c1-11-4-6-14-17(8-11)29-21-19(14)20(23-12(2)24-21)28-10-18(26)25-15-9-13(22)5-7-16(15)27-3/h5,7,9,11H,4,6,8,10H2,1-3H3,(H,25,26)/t11-/m1/s1. The van der Waals surface area contributed by atoms with E-state index in [0.29, 0.717) is 22.4 Å². The van der Waals surface area contributed by atoms with Crippen LogP contribution < -0.4 is 10.1 Å². The molecule has 0 saturated heterocycles. The maximum Gasteiger partial charge on any atom is 0.234 e. The normalized spacial score (nSPS) is 15.9. The Morgan fingerprint density at radius 1 is 1.41 bits per heavy atom. The molecule has 4 rings (SSSR count). The highest BCUT2D eigenvalue weighted by Crippen LogP contribution is 2.41. The van der Waals surface area contributed by atoms with E-state index in [4.69, 9.17) is 16.3 Å². The summed E-state index contributed by atoms with van der Waals surface area (Å²) in [6, 6.07) is 5.15. The van der Waals surface area contributed by atoms with Crippen molar-refractivity contribution >= 4 is 56.5 Å². The zero-order valence-electron chi connectivity index (χ0n) is 16.5. The number of carbonyl (C=O) groups is 1. The van der Waals surface area contributed by atoms with Crippen molar-refractivity contribution in [3.05, 3.63) is 39.5 Å². The van der Waals surface area contributed by atoms with Gasteiger partial charge in [0.2, 0.25) is 5.91 Å². The van der Waals surface area contributed by atoms with Gasteiger partial charge in [-0.3, -0.25) is 4.79 Å². The van der Waals surface area contributed by atoms with Gasteiger partial charge in [-0.1, -0.05) is 30.3 Å². The van der Waals surface area contributed by atoms with Crippen molar-refractivity contribution < 1.29 is 9.53 Å². The zero-order chi connectivity index (χ0) is 20.5. The molecule has 0 unspecified atom stereocenters. The summed E-state index contributed by atoms with van der Waals surface area (Å²) in [5.41, 5.74) is 1.94. The average molecular weight is 448 g/mol. The molecule has 8 heteroatoms. The second-order valence-corrected chi connectivity index (χ2v) is 9.77. The number of aromatic nitrogens is 2. The molecule has 0 radical (unpaired) electrons. The third-order valence-corrected chi connectivity index (χ3v) is 7.37. The Bertz CT molecular complexity index is 1080. The lowest BCUT2D eigenvalue weighted by molar-refractivity contribution is -0.113. The van der Waals surface area contributed by atoms with Gasteiger partial charge < -0.3 is 10.1 Å². The van der Waals surface area contributed by atoms with Crippen LogP contribution in [0.15, 0.2) is 23.2 Å². The first-order valence-corrected chi connectivity index (χ1v) is 11.7. The smallest absolute Gasteiger partial charge is 0.234 e. The highest BCUT2D eigenvalue weighted by Gasteiger charge is 2.24. The second-order valence-electron chi connectivity index (χ2n) is 7.29. The van der Waals surface area contributed by atoms with E-state index in [9.17, 15) is 4.79 Å². The number of halogens is 1. The van der Waals surface area contributed by atoms with Crippen LogP contribution in [-0.2, 0) is 17.6 Å². The number of benzene rings is 1. The highest BCUT2D eigenvalue weighted by atomic mass is 35.5. The zero-order valence-corrected chi connectivity index (χ0v) is 18.9. The predicted molar refractivity (Wildman–Crippen MR) is 121 cm³/mol. The van der Waals surface area contributed by atoms with Crippen molar-refractivity contribution in [2.24, 2.45) is 5.92 Å². The number of ether oxygens (including phenoxy) is 1. The fourth-order valence-corrected chi connectivity index (χ4v) is 6.18. The Morgan fingerprint density at radius 2 is 2.24 bits per heavy atom. The van der Waals surface area contributed by atoms with Crippen LogP contribution in [0.3, 0.4) is 0 Å². The number of nitrogens with one attached hydrogen (secondary N) is 1. The van der Waals surface area contributed by atoms with E-state index in [1.807, 2.05) is 6.92 Å². The minimum absolute atomic E-state index is 0.127. The number of fused-ring (bicyclic) bond motifs is 3. The van der Waals surface area contributed by atoms with Crippen LogP contribution in [-0.4, -0.2) is 28.7 Å². The molecule has 29 heavy (non-hydrogen) atoms. The van der Waals surface area contributed by atoms with Crippen LogP contribution in [0, 0.1) is 12.8 Å². The van der Waals surface area contributed by atoms with Gasteiger partial charge in [-0.15, -0.1) is 11.3 Å². The van der Waals surface area contributed by atoms with Gasteiger partial charge >= 0.3 is 0 Å². The molecular formula is C21H22ClN3O2S2. The molecule has 0 spiro atoms. The lowest BCUT2D eigenvalue weighted by atomic mass is 9.89. The van der Waals surface area contributed by atoms with E-state index in [2.05, 4.69) is 22.2 Å². The molecule has 152 valence electrons. The predicted octanol–water partition coefficient (Wildman–Crippen LogP) is 5.52. The molecule has 2 aromatic heterocycles. The number of rotatable bonds is 5. The quantitative estimate of drug-likeness (QED) is 0.412. The lowest BCUT2D eigenvalue weighted by Gasteiger charge is -2.18. The van der Waals surface area contributed by atoms with E-state index in [0.717, 1.165) is 33.9 Å². The van der Waals surface area contributed by atoms with E-state index < -0.39 is 0 Å². The largest absolute Gasteiger partial charge is 0.495 e. The monoisotopic (exact) mass is 447 g/mol. The number of aryl methyl sites for hydroxylation is 2. The van der Waals surface area contributed by atoms with Gasteiger partial charge in [-0.2, -0.15) is 0 Å². The van der Waals surface area contributed by atoms with Crippen LogP contribution >= 0.6 is 34.7 Å². The molecule has 1 atom stereocenters. The number of anilines is 1. The molecule has 0 bridgehead atoms. The number of hydrogen-bond acceptors (Lipinski definition) is 6. The van der Waals surface area contributed by atoms with Gasteiger partial charge in [0.1, 0.15) is 21.4 Å². The molecule has 5 nitrogen and oxygen atoms in total. The molecule has 0 aliphatic heterocycles. The van der Waals surface area contributed by atoms with Crippen LogP contribution in [0.2, 0.25) is 5.02 Å². The molecule has 1 aliphatic rings. The number of thiophene rings is 1. The van der Waals surface area contributed by atoms with Gasteiger partial charge in [0.15, 0.2) is 0 Å². The molecule has 1 aromatic carbocycles. The molecule has 1 aliphatic carbocycles. The summed E-state index contributed by atoms with van der Waals surface area (Å²) < 4.78 is 5.30. The van der Waals surface area contributed by atoms with Gasteiger partial charge in [0.25, 0.3) is 0 Å². The van der Waals surface area contributed by atoms with Crippen LogP contribution in [0.25, 0.3) is 10.2 Å². The van der Waals surface area contributed by atoms with Crippen molar-refractivity contribution in [1.82, 2.24) is 9.97 Å². The SMILES string of the molecule is COc1ccc(Cl)cc1NC(=O)CSc1nc(C)nc2sc3c(c12)CC[C@@H](C)C3. The molecule has 1 N–H and O–H groups in total. The van der Waals surface area contributed by atoms with Crippen molar-refractivity contribution in [2.45, 2.75) is 38.1 Å². The van der Waals surface area contributed by atoms with E-state index in [1.54, 1.807) is 36.6 Å². The van der Waals surface area contributed by atoms with Crippen molar-refractivity contribution in [3.8, 4) is 5.75 Å². The third-order valence-electron chi connectivity index (χ3n) is 5.01. The number of thioether (sulfide) groups is 1. The summed E-state index contributed by atoms with van der Waals surface area (Å²) in [7, 11) is 1.56. The maximum absolute atomic E-state index is 12.6. The van der Waals surface area contributed by atoms with Crippen molar-refractivity contribution in [3.63, 3.8) is 0 Å². The van der Waals surface area contributed by atoms with E-state index in [-0.39, 0.29) is 11.7 Å². The molecule has 0 saturated carbocycles. The average Bonchev–Trinajstić information content (AvgIpc) is 3.03. The van der Waals surface area contributed by atoms with Gasteiger partial charge in [0, 0.05) is 15.3 Å². The van der Waals surface area contributed by atoms with Crippen molar-refractivity contribution in [2.75, 3.05) is 18.2 Å². The second kappa shape index (κ2) is 8.50. The number of carbonyl (C=O) groups excluding carboxylic acids is 1. The van der Waals surface area contributed by atoms with Gasteiger partial charge in [0.05, 0.1) is 18.6 Å². The summed E-state index contributed by atoms with van der Waals surface area (Å²) >= 11 is 9.29. The number of methoxy groups -OCH3 is 1. The summed E-state index contributed by atoms with van der Waals surface area (Å²) in [5.74, 6) is 2.15. The topological polar surface area (TPSA) is 64.1 Å². The molecule has 2 heterocycles. The van der Waals surface area contributed by atoms with E-state index >= 15 is 0 Å². The Balaban J connectivity index is 1.55. The van der Waals surface area contributed by atoms with Gasteiger partial charge in [-0.05, 0) is 55.9 Å². The van der Waals surface area contributed by atoms with Crippen LogP contribution in [0.5, 0.6) is 5.75 Å². The molecule has 1 amide bonds. The Labute approximate surface area is 183 Å². The summed E-state index contributed by atoms with van der Waals surface area (Å²) in [6.45, 7) is 4.20. The first-order chi connectivity index (χ1) is 13.9. The molecule has 0 fully saturated rings. The van der Waals surface area contributed by atoms with Crippen LogP contribution in [0.1, 0.15) is 29.6 Å². The third kappa shape index (κ3) is 4.37.